The summed E-state index contributed by atoms with van der Waals surface area (Å²) in [6, 6.07) is 4.45. The van der Waals surface area contributed by atoms with Crippen LogP contribution in [0.5, 0.6) is 5.75 Å². The summed E-state index contributed by atoms with van der Waals surface area (Å²) in [7, 11) is 0. The highest BCUT2D eigenvalue weighted by atomic mass is 35.5. The van der Waals surface area contributed by atoms with E-state index in [4.69, 9.17) is 5.73 Å². The Hall–Kier alpha value is -1.08. The summed E-state index contributed by atoms with van der Waals surface area (Å²) in [4.78, 5) is 0. The molecule has 0 unspecified atom stereocenters. The van der Waals surface area contributed by atoms with Gasteiger partial charge in [0.1, 0.15) is 5.75 Å². The van der Waals surface area contributed by atoms with E-state index < -0.39 is 25.3 Å². The molecule has 0 bridgehead atoms. The van der Waals surface area contributed by atoms with Gasteiger partial charge in [-0.05, 0) is 24.1 Å². The van der Waals surface area contributed by atoms with Crippen LogP contribution < -0.4 is 10.5 Å². The van der Waals surface area contributed by atoms with Gasteiger partial charge in [-0.25, -0.2) is 0 Å². The van der Waals surface area contributed by atoms with Crippen LogP contribution in [0.4, 0.5) is 22.0 Å². The third kappa shape index (κ3) is 7.17. The van der Waals surface area contributed by atoms with Gasteiger partial charge in [0, 0.05) is 12.5 Å². The maximum Gasteiger partial charge on any atom is 0.389 e. The highest BCUT2D eigenvalue weighted by molar-refractivity contribution is 5.85. The van der Waals surface area contributed by atoms with Crippen molar-refractivity contribution in [2.24, 2.45) is 5.73 Å². The first kappa shape index (κ1) is 17.9. The second-order valence-electron chi connectivity index (χ2n) is 3.71. The van der Waals surface area contributed by atoms with Crippen LogP contribution in [-0.2, 0) is 0 Å². The summed E-state index contributed by atoms with van der Waals surface area (Å²) < 4.78 is 63.8. The van der Waals surface area contributed by atoms with Crippen molar-refractivity contribution >= 4 is 12.4 Å². The quantitative estimate of drug-likeness (QED) is 0.833. The average Bonchev–Trinajstić information content (AvgIpc) is 2.25. The number of rotatable bonds is 5. The van der Waals surface area contributed by atoms with Gasteiger partial charge < -0.3 is 10.5 Å². The van der Waals surface area contributed by atoms with E-state index in [9.17, 15) is 22.0 Å². The van der Waals surface area contributed by atoms with Crippen molar-refractivity contribution in [2.45, 2.75) is 31.7 Å². The molecule has 1 aromatic carbocycles. The number of benzene rings is 1. The fourth-order valence-corrected chi connectivity index (χ4v) is 1.38. The average molecular weight is 306 g/mol. The fourth-order valence-electron chi connectivity index (χ4n) is 1.38. The third-order valence-corrected chi connectivity index (χ3v) is 2.27. The third-order valence-electron chi connectivity index (χ3n) is 2.27. The van der Waals surface area contributed by atoms with Crippen molar-refractivity contribution in [3.05, 3.63) is 29.8 Å². The van der Waals surface area contributed by atoms with Gasteiger partial charge in [0.15, 0.2) is 0 Å². The first-order chi connectivity index (χ1) is 8.28. The molecule has 1 aromatic rings. The monoisotopic (exact) mass is 305 g/mol. The minimum atomic E-state index is -4.25. The molecule has 0 aliphatic carbocycles. The smallest absolute Gasteiger partial charge is 0.389 e. The molecule has 0 spiro atoms. The Morgan fingerprint density at radius 2 is 1.63 bits per heavy atom. The number of hydrogen-bond donors (Lipinski definition) is 1. The molecule has 0 aliphatic rings. The van der Waals surface area contributed by atoms with E-state index in [0.29, 0.717) is 5.56 Å². The highest BCUT2D eigenvalue weighted by Crippen LogP contribution is 2.27. The van der Waals surface area contributed by atoms with Crippen LogP contribution in [0.25, 0.3) is 0 Å². The summed E-state index contributed by atoms with van der Waals surface area (Å²) >= 11 is 0. The molecule has 0 aromatic heterocycles. The van der Waals surface area contributed by atoms with E-state index in [1.54, 1.807) is 0 Å². The molecule has 0 aliphatic heterocycles. The highest BCUT2D eigenvalue weighted by Gasteiger charge is 2.27. The first-order valence-electron chi connectivity index (χ1n) is 5.15. The van der Waals surface area contributed by atoms with Gasteiger partial charge >= 0.3 is 12.8 Å². The maximum atomic E-state index is 12.0. The van der Waals surface area contributed by atoms with Crippen molar-refractivity contribution in [3.63, 3.8) is 0 Å². The van der Waals surface area contributed by atoms with Crippen LogP contribution in [0.3, 0.4) is 0 Å². The lowest BCUT2D eigenvalue weighted by Crippen LogP contribution is -2.15. The minimum Gasteiger partial charge on any atom is -0.435 e. The molecule has 0 heterocycles. The summed E-state index contributed by atoms with van der Waals surface area (Å²) in [5.74, 6) is -0.0585. The lowest BCUT2D eigenvalue weighted by atomic mass is 10.0. The topological polar surface area (TPSA) is 35.2 Å². The first-order valence-corrected chi connectivity index (χ1v) is 5.15. The van der Waals surface area contributed by atoms with Gasteiger partial charge in [-0.15, -0.1) is 12.4 Å². The largest absolute Gasteiger partial charge is 0.435 e. The van der Waals surface area contributed by atoms with Crippen molar-refractivity contribution in [1.29, 1.82) is 0 Å². The second kappa shape index (κ2) is 7.49. The molecule has 19 heavy (non-hydrogen) atoms. The van der Waals surface area contributed by atoms with Crippen LogP contribution in [0, 0.1) is 0 Å². The Labute approximate surface area is 113 Å². The van der Waals surface area contributed by atoms with Gasteiger partial charge in [0.25, 0.3) is 0 Å². The van der Waals surface area contributed by atoms with Crippen molar-refractivity contribution in [2.75, 3.05) is 0 Å². The summed E-state index contributed by atoms with van der Waals surface area (Å²) in [6.45, 7) is -2.94. The molecule has 8 heteroatoms. The second-order valence-corrected chi connectivity index (χ2v) is 3.71. The summed E-state index contributed by atoms with van der Waals surface area (Å²) in [6.07, 6.45) is -5.49. The molecule has 110 valence electrons. The van der Waals surface area contributed by atoms with Crippen LogP contribution >= 0.6 is 12.4 Å². The number of hydrogen-bond acceptors (Lipinski definition) is 2. The number of alkyl halides is 5. The van der Waals surface area contributed by atoms with Gasteiger partial charge in [0.2, 0.25) is 0 Å². The number of ether oxygens (including phenoxy) is 1. The maximum absolute atomic E-state index is 12.0. The summed E-state index contributed by atoms with van der Waals surface area (Å²) in [5, 5.41) is 0. The van der Waals surface area contributed by atoms with E-state index in [1.165, 1.54) is 24.3 Å². The van der Waals surface area contributed by atoms with Gasteiger partial charge in [-0.2, -0.15) is 22.0 Å². The van der Waals surface area contributed by atoms with Gasteiger partial charge in [-0.1, -0.05) is 12.1 Å². The van der Waals surface area contributed by atoms with E-state index >= 15 is 0 Å². The molecular formula is C11H13ClF5NO. The Kier molecular flexibility index (Phi) is 7.07. The molecule has 0 amide bonds. The molecule has 1 atom stereocenters. The SMILES string of the molecule is Cl.N[C@@H](CCC(F)(F)F)c1ccc(OC(F)F)cc1. The minimum absolute atomic E-state index is 0. The van der Waals surface area contributed by atoms with Crippen molar-refractivity contribution in [3.8, 4) is 5.75 Å². The normalized spacial score (nSPS) is 13.0. The van der Waals surface area contributed by atoms with E-state index in [2.05, 4.69) is 4.74 Å². The van der Waals surface area contributed by atoms with E-state index in [-0.39, 0.29) is 24.6 Å². The Bertz CT molecular complexity index is 368. The van der Waals surface area contributed by atoms with Crippen LogP contribution in [0.1, 0.15) is 24.4 Å². The molecule has 0 radical (unpaired) electrons. The molecule has 0 fully saturated rings. The zero-order valence-electron chi connectivity index (χ0n) is 9.66. The Morgan fingerprint density at radius 1 is 1.11 bits per heavy atom. The predicted molar refractivity (Wildman–Crippen MR) is 62.5 cm³/mol. The zero-order chi connectivity index (χ0) is 13.8. The lowest BCUT2D eigenvalue weighted by Gasteiger charge is -2.14. The summed E-state index contributed by atoms with van der Waals surface area (Å²) in [5.41, 5.74) is 6.01. The van der Waals surface area contributed by atoms with E-state index in [0.717, 1.165) is 0 Å². The lowest BCUT2D eigenvalue weighted by molar-refractivity contribution is -0.136. The number of nitrogens with two attached hydrogens (primary N) is 1. The fraction of sp³-hybridized carbons (Fsp3) is 0.455. The predicted octanol–water partition coefficient (Wildman–Crippen LogP) is 4.05. The van der Waals surface area contributed by atoms with Gasteiger partial charge in [0.05, 0.1) is 0 Å². The van der Waals surface area contributed by atoms with Crippen LogP contribution in [-0.4, -0.2) is 12.8 Å². The van der Waals surface area contributed by atoms with Crippen molar-refractivity contribution in [1.82, 2.24) is 0 Å². The number of halogens is 6. The Balaban J connectivity index is 0.00000324. The molecule has 0 saturated carbocycles. The Morgan fingerprint density at radius 3 is 2.05 bits per heavy atom. The zero-order valence-corrected chi connectivity index (χ0v) is 10.5. The molecule has 1 rings (SSSR count). The molecule has 2 N–H and O–H groups in total. The van der Waals surface area contributed by atoms with Crippen LogP contribution in [0.2, 0.25) is 0 Å². The van der Waals surface area contributed by atoms with Crippen molar-refractivity contribution < 1.29 is 26.7 Å². The molecule has 0 saturated heterocycles. The van der Waals surface area contributed by atoms with Gasteiger partial charge in [-0.3, -0.25) is 0 Å². The molecular weight excluding hydrogens is 293 g/mol. The van der Waals surface area contributed by atoms with E-state index in [1.807, 2.05) is 0 Å². The molecule has 2 nitrogen and oxygen atoms in total. The standard InChI is InChI=1S/C11H12F5NO.ClH/c12-10(13)18-8-3-1-7(2-4-8)9(17)5-6-11(14,15)16;/h1-4,9-10H,5-6,17H2;1H/t9-;/m0./s1. The van der Waals surface area contributed by atoms with Crippen LogP contribution in [0.15, 0.2) is 24.3 Å².